The van der Waals surface area contributed by atoms with Crippen molar-refractivity contribution in [3.05, 3.63) is 34.3 Å². The maximum absolute atomic E-state index is 11.9. The maximum Gasteiger partial charge on any atom is 0.149 e. The number of hydrogen-bond donors (Lipinski definition) is 1. The molecule has 3 rings (SSSR count). The fourth-order valence-corrected chi connectivity index (χ4v) is 3.90. The largest absolute Gasteiger partial charge is 0.300 e. The van der Waals surface area contributed by atoms with Crippen molar-refractivity contribution in [2.24, 2.45) is 11.8 Å². The number of halogens is 1. The Labute approximate surface area is 113 Å². The molecule has 0 amide bonds. The summed E-state index contributed by atoms with van der Waals surface area (Å²) in [7, 11) is 0. The van der Waals surface area contributed by atoms with Crippen molar-refractivity contribution >= 4 is 17.4 Å². The van der Waals surface area contributed by atoms with Gasteiger partial charge in [0.1, 0.15) is 5.78 Å². The Kier molecular flexibility index (Phi) is 2.76. The summed E-state index contributed by atoms with van der Waals surface area (Å²) in [5, 5.41) is 4.26. The molecule has 1 aromatic rings. The van der Waals surface area contributed by atoms with Crippen LogP contribution in [0.25, 0.3) is 0 Å². The molecule has 2 aliphatic rings. The van der Waals surface area contributed by atoms with Gasteiger partial charge in [-0.15, -0.1) is 0 Å². The molecule has 1 heterocycles. The number of carbonyl (C=O) groups excluding carboxylic acids is 1. The van der Waals surface area contributed by atoms with Crippen LogP contribution in [-0.2, 0) is 16.8 Å². The van der Waals surface area contributed by atoms with Crippen molar-refractivity contribution in [1.82, 2.24) is 5.32 Å². The molecule has 1 aliphatic carbocycles. The molecule has 0 spiro atoms. The van der Waals surface area contributed by atoms with E-state index in [2.05, 4.69) is 31.3 Å². The first-order valence-electron chi connectivity index (χ1n) is 6.59. The van der Waals surface area contributed by atoms with Gasteiger partial charge in [0, 0.05) is 16.5 Å². The number of benzene rings is 1. The highest BCUT2D eigenvalue weighted by atomic mass is 35.5. The number of ketones is 1. The molecule has 0 radical (unpaired) electrons. The lowest BCUT2D eigenvalue weighted by atomic mass is 9.63. The lowest BCUT2D eigenvalue weighted by Gasteiger charge is -2.49. The fraction of sp³-hybridized carbons (Fsp3) is 0.533. The van der Waals surface area contributed by atoms with Crippen molar-refractivity contribution in [3.63, 3.8) is 0 Å². The van der Waals surface area contributed by atoms with E-state index < -0.39 is 0 Å². The smallest absolute Gasteiger partial charge is 0.149 e. The summed E-state index contributed by atoms with van der Waals surface area (Å²) >= 11 is 6.07. The third-order valence-corrected chi connectivity index (χ3v) is 5.07. The summed E-state index contributed by atoms with van der Waals surface area (Å²) in [5.74, 6) is 0.891. The zero-order valence-corrected chi connectivity index (χ0v) is 11.6. The van der Waals surface area contributed by atoms with Gasteiger partial charge in [-0.05, 0) is 48.9 Å². The minimum Gasteiger partial charge on any atom is -0.300 e. The van der Waals surface area contributed by atoms with Gasteiger partial charge in [-0.2, -0.15) is 0 Å². The summed E-state index contributed by atoms with van der Waals surface area (Å²) in [6, 6.07) is 6.15. The molecule has 1 unspecified atom stereocenters. The van der Waals surface area contributed by atoms with Gasteiger partial charge in [-0.3, -0.25) is 4.79 Å². The lowest BCUT2D eigenvalue weighted by Crippen LogP contribution is -2.58. The van der Waals surface area contributed by atoms with Crippen molar-refractivity contribution in [3.8, 4) is 0 Å². The first-order valence-corrected chi connectivity index (χ1v) is 6.97. The second-order valence-electron chi connectivity index (χ2n) is 5.76. The van der Waals surface area contributed by atoms with E-state index in [-0.39, 0.29) is 11.5 Å². The molecule has 0 aromatic heterocycles. The second kappa shape index (κ2) is 4.07. The zero-order chi connectivity index (χ0) is 12.9. The Balaban J connectivity index is 2.09. The van der Waals surface area contributed by atoms with Gasteiger partial charge in [0.15, 0.2) is 0 Å². The predicted molar refractivity (Wildman–Crippen MR) is 72.8 cm³/mol. The summed E-state index contributed by atoms with van der Waals surface area (Å²) in [6.45, 7) is 4.79. The van der Waals surface area contributed by atoms with Crippen LogP contribution in [0.1, 0.15) is 31.4 Å². The molecular formula is C15H18ClNO. The van der Waals surface area contributed by atoms with E-state index in [1.807, 2.05) is 6.07 Å². The fourth-order valence-electron chi connectivity index (χ4n) is 3.71. The van der Waals surface area contributed by atoms with Crippen molar-refractivity contribution in [1.29, 1.82) is 0 Å². The van der Waals surface area contributed by atoms with Crippen LogP contribution in [0, 0.1) is 11.8 Å². The molecule has 1 aromatic carbocycles. The molecule has 0 saturated carbocycles. The third kappa shape index (κ3) is 1.63. The van der Waals surface area contributed by atoms with Gasteiger partial charge in [0.2, 0.25) is 0 Å². The topological polar surface area (TPSA) is 29.1 Å². The Hall–Kier alpha value is -0.860. The number of aryl methyl sites for hydroxylation is 1. The molecule has 2 nitrogen and oxygen atoms in total. The SMILES string of the molecule is CC1C(=O)CN[C@@]2(C)c3ccc(Cl)cc3CC[C@H]12. The van der Waals surface area contributed by atoms with Crippen LogP contribution in [0.3, 0.4) is 0 Å². The van der Waals surface area contributed by atoms with Crippen LogP contribution >= 0.6 is 11.6 Å². The highest BCUT2D eigenvalue weighted by molar-refractivity contribution is 6.30. The highest BCUT2D eigenvalue weighted by Gasteiger charge is 2.47. The number of carbonyl (C=O) groups is 1. The van der Waals surface area contributed by atoms with Crippen molar-refractivity contribution < 1.29 is 4.79 Å². The maximum atomic E-state index is 11.9. The zero-order valence-electron chi connectivity index (χ0n) is 10.8. The minimum atomic E-state index is -0.0779. The first-order chi connectivity index (χ1) is 8.52. The second-order valence-corrected chi connectivity index (χ2v) is 6.19. The average molecular weight is 264 g/mol. The first kappa shape index (κ1) is 12.2. The van der Waals surface area contributed by atoms with Gasteiger partial charge < -0.3 is 5.32 Å². The van der Waals surface area contributed by atoms with Crippen molar-refractivity contribution in [2.75, 3.05) is 6.54 Å². The lowest BCUT2D eigenvalue weighted by molar-refractivity contribution is -0.128. The molecule has 18 heavy (non-hydrogen) atoms. The van der Waals surface area contributed by atoms with Gasteiger partial charge in [0.25, 0.3) is 0 Å². The Morgan fingerprint density at radius 3 is 3.00 bits per heavy atom. The summed E-state index contributed by atoms with van der Waals surface area (Å²) in [6.07, 6.45) is 2.08. The van der Waals surface area contributed by atoms with E-state index in [9.17, 15) is 4.79 Å². The van der Waals surface area contributed by atoms with E-state index >= 15 is 0 Å². The molecule has 1 N–H and O–H groups in total. The van der Waals surface area contributed by atoms with E-state index in [1.54, 1.807) is 0 Å². The van der Waals surface area contributed by atoms with Gasteiger partial charge >= 0.3 is 0 Å². The third-order valence-electron chi connectivity index (χ3n) is 4.83. The van der Waals surface area contributed by atoms with E-state index in [0.29, 0.717) is 18.2 Å². The molecule has 96 valence electrons. The summed E-state index contributed by atoms with van der Waals surface area (Å²) in [4.78, 5) is 11.9. The Bertz CT molecular complexity index is 513. The van der Waals surface area contributed by atoms with Crippen LogP contribution in [0.15, 0.2) is 18.2 Å². The van der Waals surface area contributed by atoms with Gasteiger partial charge in [0.05, 0.1) is 6.54 Å². The molecule has 0 bridgehead atoms. The highest BCUT2D eigenvalue weighted by Crippen LogP contribution is 2.45. The van der Waals surface area contributed by atoms with Crippen molar-refractivity contribution in [2.45, 2.75) is 32.2 Å². The van der Waals surface area contributed by atoms with Gasteiger partial charge in [-0.1, -0.05) is 24.6 Å². The monoisotopic (exact) mass is 263 g/mol. The number of rotatable bonds is 0. The summed E-state index contributed by atoms with van der Waals surface area (Å²) in [5.41, 5.74) is 2.57. The standard InChI is InChI=1S/C15H18ClNO/c1-9-12-5-3-10-7-11(16)4-6-13(10)15(12,2)17-8-14(9)18/h4,6-7,9,12,17H,3,5,8H2,1-2H3/t9?,12-,15-/m1/s1. The Morgan fingerprint density at radius 2 is 2.22 bits per heavy atom. The van der Waals surface area contributed by atoms with Crippen LogP contribution in [-0.4, -0.2) is 12.3 Å². The number of piperidine rings is 1. The molecule has 1 fully saturated rings. The van der Waals surface area contributed by atoms with Crippen LogP contribution < -0.4 is 5.32 Å². The average Bonchev–Trinajstić information content (AvgIpc) is 2.34. The number of Topliss-reactive ketones (excluding diaryl/α,β-unsaturated/α-hetero) is 1. The van der Waals surface area contributed by atoms with Gasteiger partial charge in [-0.25, -0.2) is 0 Å². The number of nitrogens with one attached hydrogen (secondary N) is 1. The normalized spacial score (nSPS) is 34.9. The molecule has 3 atom stereocenters. The number of hydrogen-bond acceptors (Lipinski definition) is 2. The molecule has 1 aliphatic heterocycles. The number of fused-ring (bicyclic) bond motifs is 3. The van der Waals surface area contributed by atoms with Crippen LogP contribution in [0.5, 0.6) is 0 Å². The predicted octanol–water partition coefficient (Wildman–Crippen LogP) is 2.93. The minimum absolute atomic E-state index is 0.0779. The molecule has 3 heteroatoms. The summed E-state index contributed by atoms with van der Waals surface area (Å²) < 4.78 is 0. The molecular weight excluding hydrogens is 246 g/mol. The quantitative estimate of drug-likeness (QED) is 0.780. The van der Waals surface area contributed by atoms with Crippen LogP contribution in [0.4, 0.5) is 0 Å². The van der Waals surface area contributed by atoms with E-state index in [4.69, 9.17) is 11.6 Å². The molecule has 1 saturated heterocycles. The van der Waals surface area contributed by atoms with E-state index in [0.717, 1.165) is 17.9 Å². The Morgan fingerprint density at radius 1 is 1.44 bits per heavy atom. The van der Waals surface area contributed by atoms with Crippen LogP contribution in [0.2, 0.25) is 5.02 Å². The van der Waals surface area contributed by atoms with E-state index in [1.165, 1.54) is 11.1 Å².